The van der Waals surface area contributed by atoms with Crippen molar-refractivity contribution in [1.29, 1.82) is 5.26 Å². The number of ether oxygens (including phenoxy) is 1. The Hall–Kier alpha value is -1.35. The van der Waals surface area contributed by atoms with Crippen LogP contribution < -0.4 is 10.6 Å². The average Bonchev–Trinajstić information content (AvgIpc) is 2.32. The molecule has 0 amide bonds. The molecule has 0 aromatic heterocycles. The molecule has 0 spiro atoms. The summed E-state index contributed by atoms with van der Waals surface area (Å²) in [6.07, 6.45) is 0. The van der Waals surface area contributed by atoms with E-state index in [2.05, 4.69) is 10.6 Å². The summed E-state index contributed by atoms with van der Waals surface area (Å²) < 4.78 is 4.88. The van der Waals surface area contributed by atoms with Gasteiger partial charge in [-0.2, -0.15) is 5.26 Å². The lowest BCUT2D eigenvalue weighted by molar-refractivity contribution is 0.204. The first-order chi connectivity index (χ1) is 8.17. The number of methoxy groups -OCH3 is 1. The van der Waals surface area contributed by atoms with Gasteiger partial charge in [-0.15, -0.1) is 0 Å². The van der Waals surface area contributed by atoms with Crippen molar-refractivity contribution in [3.8, 4) is 6.07 Å². The molecule has 0 heterocycles. The Morgan fingerprint density at radius 3 is 2.94 bits per heavy atom. The molecule has 0 saturated heterocycles. The monoisotopic (exact) mass is 269 g/mol. The van der Waals surface area contributed by atoms with Crippen LogP contribution in [0.15, 0.2) is 18.2 Å². The Bertz CT molecular complexity index is 445. The predicted octanol–water partition coefficient (Wildman–Crippen LogP) is 2.14. The lowest BCUT2D eigenvalue weighted by Gasteiger charge is -2.11. The van der Waals surface area contributed by atoms with Crippen LogP contribution in [0.2, 0.25) is 5.02 Å². The van der Waals surface area contributed by atoms with Crippen molar-refractivity contribution in [2.75, 3.05) is 25.6 Å². The average molecular weight is 270 g/mol. The Morgan fingerprint density at radius 1 is 1.59 bits per heavy atom. The lowest BCUT2D eigenvalue weighted by Crippen LogP contribution is -2.31. The summed E-state index contributed by atoms with van der Waals surface area (Å²) >= 11 is 11.1. The Morgan fingerprint density at radius 2 is 2.35 bits per heavy atom. The molecule has 1 rings (SSSR count). The summed E-state index contributed by atoms with van der Waals surface area (Å²) in [4.78, 5) is 0. The van der Waals surface area contributed by atoms with Gasteiger partial charge in [0.05, 0.1) is 28.9 Å². The number of anilines is 1. The van der Waals surface area contributed by atoms with Gasteiger partial charge in [0.15, 0.2) is 5.11 Å². The molecule has 1 aromatic carbocycles. The molecule has 0 unspecified atom stereocenters. The Balaban J connectivity index is 2.57. The number of hydrogen-bond acceptors (Lipinski definition) is 3. The minimum atomic E-state index is 0.458. The molecular weight excluding hydrogens is 258 g/mol. The molecule has 2 N–H and O–H groups in total. The van der Waals surface area contributed by atoms with Gasteiger partial charge in [0.1, 0.15) is 0 Å². The van der Waals surface area contributed by atoms with Crippen LogP contribution >= 0.6 is 23.8 Å². The number of halogens is 1. The van der Waals surface area contributed by atoms with Gasteiger partial charge < -0.3 is 15.4 Å². The number of rotatable bonds is 4. The maximum Gasteiger partial charge on any atom is 0.170 e. The Kier molecular flexibility index (Phi) is 5.70. The fourth-order valence-electron chi connectivity index (χ4n) is 1.12. The van der Waals surface area contributed by atoms with Gasteiger partial charge in [0, 0.05) is 13.7 Å². The lowest BCUT2D eigenvalue weighted by atomic mass is 10.2. The van der Waals surface area contributed by atoms with E-state index < -0.39 is 0 Å². The van der Waals surface area contributed by atoms with Gasteiger partial charge in [-0.1, -0.05) is 11.6 Å². The van der Waals surface area contributed by atoms with Crippen LogP contribution in [0.25, 0.3) is 0 Å². The molecule has 0 saturated carbocycles. The normalized spacial score (nSPS) is 9.47. The number of thiocarbonyl (C=S) groups is 1. The minimum absolute atomic E-state index is 0.458. The molecule has 0 radical (unpaired) electrons. The van der Waals surface area contributed by atoms with Gasteiger partial charge >= 0.3 is 0 Å². The molecule has 90 valence electrons. The van der Waals surface area contributed by atoms with Crippen molar-refractivity contribution >= 4 is 34.6 Å². The van der Waals surface area contributed by atoms with Gasteiger partial charge in [-0.25, -0.2) is 0 Å². The van der Waals surface area contributed by atoms with E-state index in [0.717, 1.165) is 0 Å². The first kappa shape index (κ1) is 13.7. The highest BCUT2D eigenvalue weighted by Crippen LogP contribution is 2.22. The zero-order chi connectivity index (χ0) is 12.7. The number of benzene rings is 1. The van der Waals surface area contributed by atoms with Crippen LogP contribution in [0.4, 0.5) is 5.69 Å². The van der Waals surface area contributed by atoms with E-state index in [1.54, 1.807) is 25.3 Å². The topological polar surface area (TPSA) is 57.1 Å². The summed E-state index contributed by atoms with van der Waals surface area (Å²) in [5.74, 6) is 0. The number of hydrogen-bond donors (Lipinski definition) is 2. The largest absolute Gasteiger partial charge is 0.383 e. The van der Waals surface area contributed by atoms with E-state index in [0.29, 0.717) is 34.5 Å². The number of nitrogens with zero attached hydrogens (tertiary/aromatic N) is 1. The van der Waals surface area contributed by atoms with Crippen molar-refractivity contribution in [2.24, 2.45) is 0 Å². The summed E-state index contributed by atoms with van der Waals surface area (Å²) in [6.45, 7) is 1.19. The molecule has 0 aliphatic carbocycles. The highest BCUT2D eigenvalue weighted by Gasteiger charge is 2.03. The quantitative estimate of drug-likeness (QED) is 0.648. The van der Waals surface area contributed by atoms with Crippen LogP contribution in [0.5, 0.6) is 0 Å². The number of nitriles is 1. The van der Waals surface area contributed by atoms with E-state index in [1.807, 2.05) is 6.07 Å². The summed E-state index contributed by atoms with van der Waals surface area (Å²) in [5, 5.41) is 15.5. The maximum absolute atomic E-state index is 8.70. The SMILES string of the molecule is COCCNC(=S)Nc1ccc(C#N)cc1Cl. The van der Waals surface area contributed by atoms with Gasteiger partial charge in [0.25, 0.3) is 0 Å². The summed E-state index contributed by atoms with van der Waals surface area (Å²) in [7, 11) is 1.62. The first-order valence-corrected chi connectivity index (χ1v) is 5.69. The predicted molar refractivity (Wildman–Crippen MR) is 72.3 cm³/mol. The van der Waals surface area contributed by atoms with Crippen molar-refractivity contribution < 1.29 is 4.74 Å². The van der Waals surface area contributed by atoms with Crippen molar-refractivity contribution in [1.82, 2.24) is 5.32 Å². The summed E-state index contributed by atoms with van der Waals surface area (Å²) in [5.41, 5.74) is 1.18. The van der Waals surface area contributed by atoms with Crippen LogP contribution in [0, 0.1) is 11.3 Å². The molecule has 0 atom stereocenters. The van der Waals surface area contributed by atoms with Crippen LogP contribution in [-0.4, -0.2) is 25.4 Å². The maximum atomic E-state index is 8.70. The van der Waals surface area contributed by atoms with Gasteiger partial charge in [0.2, 0.25) is 0 Å². The fraction of sp³-hybridized carbons (Fsp3) is 0.273. The van der Waals surface area contributed by atoms with Crippen molar-refractivity contribution in [2.45, 2.75) is 0 Å². The van der Waals surface area contributed by atoms with E-state index in [4.69, 9.17) is 33.8 Å². The molecule has 1 aromatic rings. The van der Waals surface area contributed by atoms with Crippen molar-refractivity contribution in [3.63, 3.8) is 0 Å². The molecular formula is C11H12ClN3OS. The third kappa shape index (κ3) is 4.57. The van der Waals surface area contributed by atoms with Crippen molar-refractivity contribution in [3.05, 3.63) is 28.8 Å². The van der Waals surface area contributed by atoms with Gasteiger partial charge in [-0.05, 0) is 30.4 Å². The zero-order valence-corrected chi connectivity index (χ0v) is 10.9. The molecule has 6 heteroatoms. The second kappa shape index (κ2) is 7.07. The molecule has 0 bridgehead atoms. The number of nitrogens with one attached hydrogen (secondary N) is 2. The molecule has 0 aliphatic rings. The van der Waals surface area contributed by atoms with Gasteiger partial charge in [-0.3, -0.25) is 0 Å². The molecule has 0 fully saturated rings. The summed E-state index contributed by atoms with van der Waals surface area (Å²) in [6, 6.07) is 6.98. The third-order valence-corrected chi connectivity index (χ3v) is 2.50. The molecule has 17 heavy (non-hydrogen) atoms. The highest BCUT2D eigenvalue weighted by atomic mass is 35.5. The van der Waals surface area contributed by atoms with Crippen LogP contribution in [0.3, 0.4) is 0 Å². The third-order valence-electron chi connectivity index (χ3n) is 1.94. The second-order valence-corrected chi connectivity index (χ2v) is 4.00. The molecule has 0 aliphatic heterocycles. The molecule has 4 nitrogen and oxygen atoms in total. The highest BCUT2D eigenvalue weighted by molar-refractivity contribution is 7.80. The van der Waals surface area contributed by atoms with E-state index in [1.165, 1.54) is 0 Å². The van der Waals surface area contributed by atoms with E-state index in [-0.39, 0.29) is 0 Å². The van der Waals surface area contributed by atoms with Crippen LogP contribution in [0.1, 0.15) is 5.56 Å². The fourth-order valence-corrected chi connectivity index (χ4v) is 1.56. The standard InChI is InChI=1S/C11H12ClN3OS/c1-16-5-4-14-11(17)15-10-3-2-8(7-13)6-9(10)12/h2-3,6H,4-5H2,1H3,(H2,14,15,17). The van der Waals surface area contributed by atoms with Crippen LogP contribution in [-0.2, 0) is 4.74 Å². The minimum Gasteiger partial charge on any atom is -0.383 e. The van der Waals surface area contributed by atoms with E-state index >= 15 is 0 Å². The first-order valence-electron chi connectivity index (χ1n) is 4.91. The second-order valence-electron chi connectivity index (χ2n) is 3.18. The Labute approximate surface area is 111 Å². The zero-order valence-electron chi connectivity index (χ0n) is 9.29. The smallest absolute Gasteiger partial charge is 0.170 e. The van der Waals surface area contributed by atoms with E-state index in [9.17, 15) is 0 Å².